The zero-order valence-electron chi connectivity index (χ0n) is 17.7. The van der Waals surface area contributed by atoms with Crippen molar-refractivity contribution in [3.63, 3.8) is 0 Å². The molecule has 0 radical (unpaired) electrons. The number of imidazole rings is 1. The third-order valence-electron chi connectivity index (χ3n) is 5.65. The number of anilines is 2. The van der Waals surface area contributed by atoms with Gasteiger partial charge in [-0.15, -0.1) is 0 Å². The van der Waals surface area contributed by atoms with E-state index in [-0.39, 0.29) is 11.7 Å². The van der Waals surface area contributed by atoms with Crippen molar-refractivity contribution >= 4 is 28.6 Å². The normalized spacial score (nSPS) is 15.2. The molecule has 0 saturated heterocycles. The van der Waals surface area contributed by atoms with Gasteiger partial charge < -0.3 is 20.5 Å². The maximum absolute atomic E-state index is 13.5. The SMILES string of the molecule is COc1ccc(NC(=O)C2=C(C)Nc3nc4ccccc4n3C2c2ccccc2O)cc1. The Bertz CT molecular complexity index is 1360. The first-order chi connectivity index (χ1) is 15.6. The number of rotatable bonds is 4. The lowest BCUT2D eigenvalue weighted by Crippen LogP contribution is -2.31. The van der Waals surface area contributed by atoms with E-state index in [1.807, 2.05) is 47.9 Å². The Morgan fingerprint density at radius 2 is 1.78 bits per heavy atom. The highest BCUT2D eigenvalue weighted by Crippen LogP contribution is 2.42. The maximum Gasteiger partial charge on any atom is 0.255 e. The molecule has 1 unspecified atom stereocenters. The van der Waals surface area contributed by atoms with Crippen molar-refractivity contribution in [2.75, 3.05) is 17.7 Å². The molecule has 1 aliphatic rings. The third-order valence-corrected chi connectivity index (χ3v) is 5.65. The van der Waals surface area contributed by atoms with Gasteiger partial charge >= 0.3 is 0 Å². The van der Waals surface area contributed by atoms with Crippen LogP contribution in [0.15, 0.2) is 84.1 Å². The summed E-state index contributed by atoms with van der Waals surface area (Å²) in [6, 6.07) is 21.4. The van der Waals surface area contributed by atoms with Crippen molar-refractivity contribution in [1.82, 2.24) is 9.55 Å². The van der Waals surface area contributed by atoms with Crippen LogP contribution in [0.2, 0.25) is 0 Å². The Balaban J connectivity index is 1.64. The lowest BCUT2D eigenvalue weighted by atomic mass is 9.93. The quantitative estimate of drug-likeness (QED) is 0.441. The molecule has 2 heterocycles. The first kappa shape index (κ1) is 19.7. The van der Waals surface area contributed by atoms with Gasteiger partial charge in [-0.1, -0.05) is 30.3 Å². The van der Waals surface area contributed by atoms with E-state index < -0.39 is 6.04 Å². The van der Waals surface area contributed by atoms with Gasteiger partial charge in [0.25, 0.3) is 5.91 Å². The number of phenolic OH excluding ortho intramolecular Hbond substituents is 1. The van der Waals surface area contributed by atoms with E-state index in [0.29, 0.717) is 34.2 Å². The first-order valence-corrected chi connectivity index (χ1v) is 10.2. The van der Waals surface area contributed by atoms with Gasteiger partial charge in [-0.3, -0.25) is 9.36 Å². The number of para-hydroxylation sites is 3. The molecule has 7 nitrogen and oxygen atoms in total. The van der Waals surface area contributed by atoms with Crippen LogP contribution < -0.4 is 15.4 Å². The van der Waals surface area contributed by atoms with Crippen LogP contribution in [-0.2, 0) is 4.79 Å². The molecule has 0 saturated carbocycles. The fourth-order valence-electron chi connectivity index (χ4n) is 4.14. The summed E-state index contributed by atoms with van der Waals surface area (Å²) in [5, 5.41) is 17.0. The summed E-state index contributed by atoms with van der Waals surface area (Å²) in [6.45, 7) is 1.85. The molecule has 0 spiro atoms. The molecule has 1 aliphatic heterocycles. The zero-order chi connectivity index (χ0) is 22.2. The Morgan fingerprint density at radius 1 is 1.06 bits per heavy atom. The molecule has 0 aliphatic carbocycles. The number of carbonyl (C=O) groups is 1. The van der Waals surface area contributed by atoms with E-state index in [1.165, 1.54) is 0 Å². The van der Waals surface area contributed by atoms with E-state index in [9.17, 15) is 9.90 Å². The van der Waals surface area contributed by atoms with Gasteiger partial charge in [0, 0.05) is 16.9 Å². The van der Waals surface area contributed by atoms with Crippen LogP contribution in [0.1, 0.15) is 18.5 Å². The lowest BCUT2D eigenvalue weighted by Gasteiger charge is -2.31. The average molecular weight is 426 g/mol. The van der Waals surface area contributed by atoms with Gasteiger partial charge in [0.1, 0.15) is 11.5 Å². The van der Waals surface area contributed by atoms with E-state index in [1.54, 1.807) is 43.5 Å². The number of aromatic hydroxyl groups is 1. The number of aromatic nitrogens is 2. The highest BCUT2D eigenvalue weighted by Gasteiger charge is 2.35. The van der Waals surface area contributed by atoms with Crippen LogP contribution in [0.3, 0.4) is 0 Å². The van der Waals surface area contributed by atoms with Gasteiger partial charge in [-0.25, -0.2) is 4.98 Å². The van der Waals surface area contributed by atoms with Gasteiger partial charge in [0.2, 0.25) is 5.95 Å². The summed E-state index contributed by atoms with van der Waals surface area (Å²) in [4.78, 5) is 18.2. The third kappa shape index (κ3) is 3.24. The fourth-order valence-corrected chi connectivity index (χ4v) is 4.14. The number of methoxy groups -OCH3 is 1. The molecular formula is C25H22N4O3. The van der Waals surface area contributed by atoms with Crippen LogP contribution in [-0.4, -0.2) is 27.7 Å². The lowest BCUT2D eigenvalue weighted by molar-refractivity contribution is -0.113. The van der Waals surface area contributed by atoms with E-state index in [4.69, 9.17) is 9.72 Å². The number of amides is 1. The minimum absolute atomic E-state index is 0.116. The number of phenols is 1. The van der Waals surface area contributed by atoms with Gasteiger partial charge in [0.05, 0.1) is 29.8 Å². The summed E-state index contributed by atoms with van der Waals surface area (Å²) in [5.41, 5.74) is 4.11. The molecule has 0 bridgehead atoms. The van der Waals surface area contributed by atoms with Crippen LogP contribution in [0.25, 0.3) is 11.0 Å². The minimum Gasteiger partial charge on any atom is -0.508 e. The molecule has 0 fully saturated rings. The summed E-state index contributed by atoms with van der Waals surface area (Å²) in [7, 11) is 1.60. The molecule has 1 aromatic heterocycles. The number of fused-ring (bicyclic) bond motifs is 3. The highest BCUT2D eigenvalue weighted by atomic mass is 16.5. The smallest absolute Gasteiger partial charge is 0.255 e. The largest absolute Gasteiger partial charge is 0.508 e. The second kappa shape index (κ2) is 7.77. The molecule has 1 amide bonds. The number of allylic oxidation sites excluding steroid dienone is 1. The van der Waals surface area contributed by atoms with Crippen molar-refractivity contribution in [2.24, 2.45) is 0 Å². The number of carbonyl (C=O) groups excluding carboxylic acids is 1. The highest BCUT2D eigenvalue weighted by molar-refractivity contribution is 6.06. The Kier molecular flexibility index (Phi) is 4.78. The van der Waals surface area contributed by atoms with Crippen molar-refractivity contribution in [3.05, 3.63) is 89.6 Å². The summed E-state index contributed by atoms with van der Waals surface area (Å²) in [5.74, 6) is 1.18. The van der Waals surface area contributed by atoms with Crippen LogP contribution in [0, 0.1) is 0 Å². The average Bonchev–Trinajstić information content (AvgIpc) is 3.17. The second-order valence-corrected chi connectivity index (χ2v) is 7.60. The first-order valence-electron chi connectivity index (χ1n) is 10.2. The molecule has 3 N–H and O–H groups in total. The molecule has 1 atom stereocenters. The van der Waals surface area contributed by atoms with Crippen LogP contribution >= 0.6 is 0 Å². The minimum atomic E-state index is -0.557. The predicted octanol–water partition coefficient (Wildman–Crippen LogP) is 4.68. The number of nitrogens with one attached hydrogen (secondary N) is 2. The van der Waals surface area contributed by atoms with Gasteiger partial charge in [-0.05, 0) is 49.4 Å². The fraction of sp³-hybridized carbons (Fsp3) is 0.120. The van der Waals surface area contributed by atoms with Crippen LogP contribution in [0.5, 0.6) is 11.5 Å². The summed E-state index contributed by atoms with van der Waals surface area (Å²) >= 11 is 0. The second-order valence-electron chi connectivity index (χ2n) is 7.60. The molecule has 160 valence electrons. The summed E-state index contributed by atoms with van der Waals surface area (Å²) < 4.78 is 7.16. The molecule has 7 heteroatoms. The number of nitrogens with zero attached hydrogens (tertiary/aromatic N) is 2. The number of hydrogen-bond acceptors (Lipinski definition) is 5. The number of benzene rings is 3. The number of hydrogen-bond donors (Lipinski definition) is 3. The molecule has 4 aromatic rings. The Labute approximate surface area is 185 Å². The molecule has 32 heavy (non-hydrogen) atoms. The van der Waals surface area contributed by atoms with Crippen LogP contribution in [0.4, 0.5) is 11.6 Å². The van der Waals surface area contributed by atoms with Gasteiger partial charge in [0.15, 0.2) is 0 Å². The van der Waals surface area contributed by atoms with E-state index in [0.717, 1.165) is 11.0 Å². The van der Waals surface area contributed by atoms with Crippen molar-refractivity contribution < 1.29 is 14.6 Å². The topological polar surface area (TPSA) is 88.4 Å². The van der Waals surface area contributed by atoms with E-state index in [2.05, 4.69) is 10.6 Å². The van der Waals surface area contributed by atoms with Gasteiger partial charge in [-0.2, -0.15) is 0 Å². The molecule has 5 rings (SSSR count). The standard InChI is InChI=1S/C25H22N4O3/c1-15-22(24(31)27-16-11-13-17(32-2)14-12-16)23(18-7-3-6-10-21(18)30)29-20-9-5-4-8-19(20)28-25(29)26-15/h3-14,23,30H,1-2H3,(H,26,28)(H,27,31). The van der Waals surface area contributed by atoms with Crippen molar-refractivity contribution in [1.29, 1.82) is 0 Å². The van der Waals surface area contributed by atoms with E-state index >= 15 is 0 Å². The summed E-state index contributed by atoms with van der Waals surface area (Å²) in [6.07, 6.45) is 0. The molecule has 3 aromatic carbocycles. The van der Waals surface area contributed by atoms with Crippen molar-refractivity contribution in [3.8, 4) is 11.5 Å². The van der Waals surface area contributed by atoms with Crippen molar-refractivity contribution in [2.45, 2.75) is 13.0 Å². The monoisotopic (exact) mass is 426 g/mol. The predicted molar refractivity (Wildman–Crippen MR) is 124 cm³/mol. The maximum atomic E-state index is 13.5. The Morgan fingerprint density at radius 3 is 2.53 bits per heavy atom. The zero-order valence-corrected chi connectivity index (χ0v) is 17.7. The number of ether oxygens (including phenoxy) is 1. The molecular weight excluding hydrogens is 404 g/mol. The Hall–Kier alpha value is -4.26.